The van der Waals surface area contributed by atoms with Crippen molar-refractivity contribution >= 4 is 49.1 Å². The maximum atomic E-state index is 6.72. The van der Waals surface area contributed by atoms with Crippen LogP contribution in [0.5, 0.6) is 0 Å². The summed E-state index contributed by atoms with van der Waals surface area (Å²) >= 11 is 0. The Kier molecular flexibility index (Phi) is 8.18. The Bertz CT molecular complexity index is 1190. The van der Waals surface area contributed by atoms with E-state index in [4.69, 9.17) is 11.5 Å². The van der Waals surface area contributed by atoms with Gasteiger partial charge < -0.3 is 11.5 Å². The second-order valence-electron chi connectivity index (χ2n) is 9.50. The van der Waals surface area contributed by atoms with Crippen molar-refractivity contribution in [2.45, 2.75) is 77.8 Å². The van der Waals surface area contributed by atoms with Crippen LogP contribution in [0.15, 0.2) is 36.4 Å². The molecule has 3 aromatic rings. The fraction of sp³-hybridized carbons (Fsp3) is 0.400. The molecule has 3 aromatic carbocycles. The molecule has 0 unspecified atom stereocenters. The van der Waals surface area contributed by atoms with Gasteiger partial charge in [0.15, 0.2) is 0 Å². The van der Waals surface area contributed by atoms with E-state index in [1.165, 1.54) is 10.8 Å². The van der Waals surface area contributed by atoms with Crippen molar-refractivity contribution in [3.8, 4) is 22.9 Å². The van der Waals surface area contributed by atoms with Gasteiger partial charge in [0.25, 0.3) is 0 Å². The van der Waals surface area contributed by atoms with Gasteiger partial charge in [-0.05, 0) is 59.2 Å². The third-order valence-corrected chi connectivity index (χ3v) is 17.7. The predicted octanol–water partition coefficient (Wildman–Crippen LogP) is 7.96. The number of rotatable bonds is 6. The molecule has 4 heteroatoms. The zero-order chi connectivity index (χ0) is 24.9. The van der Waals surface area contributed by atoms with E-state index >= 15 is 0 Å². The third kappa shape index (κ3) is 4.76. The highest BCUT2D eigenvalue weighted by Crippen LogP contribution is 2.37. The lowest BCUT2D eigenvalue weighted by atomic mass is 9.93. The van der Waals surface area contributed by atoms with Gasteiger partial charge in [0.1, 0.15) is 16.1 Å². The van der Waals surface area contributed by atoms with E-state index in [2.05, 4.69) is 101 Å². The molecule has 0 aliphatic heterocycles. The molecule has 2 nitrogen and oxygen atoms in total. The smallest absolute Gasteiger partial charge is 0.138 e. The summed E-state index contributed by atoms with van der Waals surface area (Å²) in [4.78, 5) is 0. The maximum Gasteiger partial charge on any atom is 0.138 e. The number of fused-ring (bicyclic) bond motifs is 2. The normalized spacial score (nSPS) is 11.7. The van der Waals surface area contributed by atoms with Crippen LogP contribution < -0.4 is 11.5 Å². The van der Waals surface area contributed by atoms with E-state index in [9.17, 15) is 0 Å². The lowest BCUT2D eigenvalue weighted by Gasteiger charge is -2.21. The van der Waals surface area contributed by atoms with E-state index in [-0.39, 0.29) is 0 Å². The first kappa shape index (κ1) is 25.9. The van der Waals surface area contributed by atoms with Gasteiger partial charge in [-0.2, -0.15) is 0 Å². The summed E-state index contributed by atoms with van der Waals surface area (Å²) in [5.41, 5.74) is 23.8. The largest absolute Gasteiger partial charge is 0.396 e. The molecule has 4 N–H and O–H groups in total. The van der Waals surface area contributed by atoms with E-state index < -0.39 is 16.1 Å². The molecule has 0 fully saturated rings. The molecule has 3 rings (SSSR count). The zero-order valence-electron chi connectivity index (χ0n) is 21.9. The third-order valence-electron chi connectivity index (χ3n) is 8.22. The molecule has 0 saturated heterocycles. The molecule has 0 atom stereocenters. The van der Waals surface area contributed by atoms with Crippen LogP contribution in [0.25, 0.3) is 21.5 Å². The zero-order valence-corrected chi connectivity index (χ0v) is 23.9. The second kappa shape index (κ2) is 10.7. The summed E-state index contributed by atoms with van der Waals surface area (Å²) in [6, 6.07) is 19.9. The molecule has 0 radical (unpaired) electrons. The number of nitrogens with two attached hydrogens (primary N) is 2. The molecule has 0 heterocycles. The Labute approximate surface area is 208 Å². The monoisotopic (exact) mass is 484 g/mol. The Morgan fingerprint density at radius 1 is 0.588 bits per heavy atom. The van der Waals surface area contributed by atoms with Crippen molar-refractivity contribution in [1.82, 2.24) is 0 Å². The minimum absolute atomic E-state index is 0.586. The Morgan fingerprint density at radius 3 is 1.21 bits per heavy atom. The van der Waals surface area contributed by atoms with Gasteiger partial charge in [-0.15, -0.1) is 11.1 Å². The van der Waals surface area contributed by atoms with Crippen molar-refractivity contribution in [2.75, 3.05) is 11.5 Å². The summed E-state index contributed by atoms with van der Waals surface area (Å²) in [5.74, 6) is 7.11. The summed E-state index contributed by atoms with van der Waals surface area (Å²) in [6.07, 6.45) is 0. The van der Waals surface area contributed by atoms with Crippen molar-refractivity contribution in [2.24, 2.45) is 0 Å². The van der Waals surface area contributed by atoms with Crippen molar-refractivity contribution in [3.05, 3.63) is 47.5 Å². The molecule has 0 amide bonds. The lowest BCUT2D eigenvalue weighted by molar-refractivity contribution is 1.20. The first-order valence-electron chi connectivity index (χ1n) is 12.9. The van der Waals surface area contributed by atoms with E-state index in [0.29, 0.717) is 11.4 Å². The van der Waals surface area contributed by atoms with E-state index in [0.717, 1.165) is 58.2 Å². The summed E-state index contributed by atoms with van der Waals surface area (Å²) in [6.45, 7) is 13.7. The van der Waals surface area contributed by atoms with Crippen molar-refractivity contribution < 1.29 is 0 Å². The van der Waals surface area contributed by atoms with E-state index in [1.54, 1.807) is 0 Å². The Balaban J connectivity index is 2.41. The van der Waals surface area contributed by atoms with Crippen molar-refractivity contribution in [3.63, 3.8) is 0 Å². The second-order valence-corrected chi connectivity index (χ2v) is 19.4. The van der Waals surface area contributed by atoms with Crippen LogP contribution >= 0.6 is 0 Å². The fourth-order valence-electron chi connectivity index (χ4n) is 4.90. The number of hydrogen-bond acceptors (Lipinski definition) is 2. The number of benzene rings is 3. The van der Waals surface area contributed by atoms with Crippen LogP contribution in [0.3, 0.4) is 0 Å². The topological polar surface area (TPSA) is 52.0 Å². The summed E-state index contributed by atoms with van der Waals surface area (Å²) in [5, 5.41) is 4.52. The minimum Gasteiger partial charge on any atom is -0.396 e. The molecule has 178 valence electrons. The summed E-state index contributed by atoms with van der Waals surface area (Å²) < 4.78 is 0. The van der Waals surface area contributed by atoms with Crippen LogP contribution in [0.2, 0.25) is 36.3 Å². The number of anilines is 2. The maximum absolute atomic E-state index is 6.72. The first-order chi connectivity index (χ1) is 16.3. The molecule has 0 aromatic heterocycles. The highest BCUT2D eigenvalue weighted by atomic mass is 28.3. The number of nitrogen functional groups attached to an aromatic ring is 2. The molecule has 0 aliphatic rings. The van der Waals surface area contributed by atoms with Crippen LogP contribution in [-0.2, 0) is 0 Å². The van der Waals surface area contributed by atoms with Gasteiger partial charge >= 0.3 is 0 Å². The molecular formula is C30H40N2Si2. The first-order valence-corrected chi connectivity index (χ1v) is 18.2. The molecule has 0 spiro atoms. The SMILES string of the molecule is CC[Si](C#Cc1c(N)c(N)c(C#C[Si](CC)(CC)CC)c2cc3ccccc3cc12)(CC)CC. The average molecular weight is 485 g/mol. The van der Waals surface area contributed by atoms with Gasteiger partial charge in [0.2, 0.25) is 0 Å². The van der Waals surface area contributed by atoms with Gasteiger partial charge in [-0.3, -0.25) is 0 Å². The Hall–Kier alpha value is -2.67. The molecular weight excluding hydrogens is 445 g/mol. The number of hydrogen-bond donors (Lipinski definition) is 2. The van der Waals surface area contributed by atoms with Gasteiger partial charge in [-0.25, -0.2) is 0 Å². The standard InChI is InChI=1S/C30H40N2Si2/c1-7-33(8-2,9-3)19-17-25-27-21-23-15-13-14-16-24(23)22-28(27)26(30(32)29(25)31)18-20-34(10-4,11-5)12-6/h13-16,21-22H,7-12,31-32H2,1-6H3. The fourth-order valence-corrected chi connectivity index (χ4v) is 9.74. The van der Waals surface area contributed by atoms with Crippen LogP contribution in [-0.4, -0.2) is 16.1 Å². The lowest BCUT2D eigenvalue weighted by Crippen LogP contribution is -2.29. The minimum atomic E-state index is -1.63. The van der Waals surface area contributed by atoms with Crippen LogP contribution in [0, 0.1) is 22.9 Å². The highest BCUT2D eigenvalue weighted by molar-refractivity contribution is 6.87. The van der Waals surface area contributed by atoms with Gasteiger partial charge in [-0.1, -0.05) is 77.6 Å². The average Bonchev–Trinajstić information content (AvgIpc) is 2.88. The quantitative estimate of drug-likeness (QED) is 0.161. The van der Waals surface area contributed by atoms with E-state index in [1.807, 2.05) is 0 Å². The molecule has 0 saturated carbocycles. The highest BCUT2D eigenvalue weighted by Gasteiger charge is 2.26. The van der Waals surface area contributed by atoms with Gasteiger partial charge in [0, 0.05) is 10.8 Å². The van der Waals surface area contributed by atoms with Crippen LogP contribution in [0.1, 0.15) is 52.7 Å². The van der Waals surface area contributed by atoms with Crippen molar-refractivity contribution in [1.29, 1.82) is 0 Å². The van der Waals surface area contributed by atoms with Gasteiger partial charge in [0.05, 0.1) is 22.5 Å². The van der Waals surface area contributed by atoms with Crippen LogP contribution in [0.4, 0.5) is 11.4 Å². The molecule has 0 bridgehead atoms. The molecule has 0 aliphatic carbocycles. The Morgan fingerprint density at radius 2 is 0.912 bits per heavy atom. The predicted molar refractivity (Wildman–Crippen MR) is 158 cm³/mol. The summed E-state index contributed by atoms with van der Waals surface area (Å²) in [7, 11) is -3.26. The molecule has 34 heavy (non-hydrogen) atoms.